The van der Waals surface area contributed by atoms with Gasteiger partial charge in [-0.05, 0) is 32.8 Å². The lowest BCUT2D eigenvalue weighted by molar-refractivity contribution is -0.134. The second-order valence-electron chi connectivity index (χ2n) is 9.57. The molecule has 0 aromatic carbocycles. The monoisotopic (exact) mass is 563 g/mol. The maximum Gasteiger partial charge on any atom is 0.345 e. The lowest BCUT2D eigenvalue weighted by Gasteiger charge is -2.39. The number of sulfonamides is 1. The molecule has 37 heavy (non-hydrogen) atoms. The van der Waals surface area contributed by atoms with Crippen molar-refractivity contribution >= 4 is 32.6 Å². The number of ether oxygens (including phenoxy) is 1. The van der Waals surface area contributed by atoms with Crippen LogP contribution in [0.2, 0.25) is 0 Å². The number of fused-ring (bicyclic) bond motifs is 1. The third kappa shape index (κ3) is 5.57. The zero-order valence-electron chi connectivity index (χ0n) is 19.9. The van der Waals surface area contributed by atoms with Gasteiger partial charge in [0.15, 0.2) is 15.8 Å². The largest absolute Gasteiger partial charge is 0.367 e. The van der Waals surface area contributed by atoms with Crippen molar-refractivity contribution in [3.8, 4) is 10.8 Å². The first-order valence-electron chi connectivity index (χ1n) is 11.5. The average Bonchev–Trinajstić information content (AvgIpc) is 3.21. The predicted molar refractivity (Wildman–Crippen MR) is 128 cm³/mol. The number of hydrogen-bond acceptors (Lipinski definition) is 9. The molecular weight excluding hydrogens is 538 g/mol. The molecule has 1 aliphatic carbocycles. The SMILES string of the molecule is C[C@H]1CN(c2cc(S(=O)(=O)NC3(C)CC3)cn3c(-c4nnc(C(F)F)s4)ncc23)C[C@H](COC(F)F)N1. The van der Waals surface area contributed by atoms with E-state index in [1.54, 1.807) is 0 Å². The van der Waals surface area contributed by atoms with Gasteiger partial charge in [0, 0.05) is 36.9 Å². The van der Waals surface area contributed by atoms with Crippen LogP contribution in [0.5, 0.6) is 0 Å². The molecule has 1 saturated heterocycles. The number of imidazole rings is 1. The first-order chi connectivity index (χ1) is 17.4. The third-order valence-corrected chi connectivity index (χ3v) is 8.86. The molecule has 10 nitrogen and oxygen atoms in total. The summed E-state index contributed by atoms with van der Waals surface area (Å²) in [4.78, 5) is 6.18. The van der Waals surface area contributed by atoms with Gasteiger partial charge in [0.05, 0.1) is 24.0 Å². The van der Waals surface area contributed by atoms with Gasteiger partial charge in [-0.1, -0.05) is 11.3 Å². The molecule has 3 aromatic rings. The fraction of sp³-hybridized carbons (Fsp3) is 0.571. The van der Waals surface area contributed by atoms with Gasteiger partial charge in [-0.25, -0.2) is 26.9 Å². The van der Waals surface area contributed by atoms with E-state index in [9.17, 15) is 26.0 Å². The summed E-state index contributed by atoms with van der Waals surface area (Å²) in [5.74, 6) is 0.163. The molecule has 2 aliphatic rings. The highest BCUT2D eigenvalue weighted by Crippen LogP contribution is 2.37. The zero-order valence-corrected chi connectivity index (χ0v) is 21.5. The maximum absolute atomic E-state index is 13.3. The predicted octanol–water partition coefficient (Wildman–Crippen LogP) is 3.03. The molecule has 0 unspecified atom stereocenters. The summed E-state index contributed by atoms with van der Waals surface area (Å²) in [6.07, 6.45) is 1.49. The van der Waals surface area contributed by atoms with Crippen molar-refractivity contribution in [2.45, 2.75) is 62.2 Å². The lowest BCUT2D eigenvalue weighted by atomic mass is 10.1. The molecule has 2 atom stereocenters. The average molecular weight is 564 g/mol. The third-order valence-electron chi connectivity index (χ3n) is 6.32. The Kier molecular flexibility index (Phi) is 6.89. The van der Waals surface area contributed by atoms with E-state index in [2.05, 4.69) is 30.0 Å². The summed E-state index contributed by atoms with van der Waals surface area (Å²) in [5.41, 5.74) is 0.470. The Labute approximate surface area is 214 Å². The van der Waals surface area contributed by atoms with E-state index in [1.807, 2.05) is 18.7 Å². The van der Waals surface area contributed by atoms with Gasteiger partial charge in [0.2, 0.25) is 10.0 Å². The van der Waals surface area contributed by atoms with Crippen LogP contribution in [0.4, 0.5) is 23.2 Å². The number of pyridine rings is 1. The Morgan fingerprint density at radius 3 is 2.68 bits per heavy atom. The van der Waals surface area contributed by atoms with Gasteiger partial charge < -0.3 is 15.0 Å². The Balaban J connectivity index is 1.60. The van der Waals surface area contributed by atoms with Crippen LogP contribution in [-0.4, -0.2) is 71.9 Å². The molecule has 5 rings (SSSR count). The minimum atomic E-state index is -3.96. The van der Waals surface area contributed by atoms with Crippen molar-refractivity contribution in [3.05, 3.63) is 23.5 Å². The maximum atomic E-state index is 13.3. The molecular formula is C21H25F4N7O3S2. The number of aromatic nitrogens is 4. The summed E-state index contributed by atoms with van der Waals surface area (Å²) in [6.45, 7) is 1.25. The van der Waals surface area contributed by atoms with Crippen LogP contribution < -0.4 is 14.9 Å². The van der Waals surface area contributed by atoms with Crippen LogP contribution in [0.3, 0.4) is 0 Å². The first kappa shape index (κ1) is 26.2. The Bertz CT molecular complexity index is 1390. The van der Waals surface area contributed by atoms with E-state index in [1.165, 1.54) is 22.9 Å². The van der Waals surface area contributed by atoms with Crippen molar-refractivity contribution in [2.24, 2.45) is 0 Å². The molecule has 4 heterocycles. The van der Waals surface area contributed by atoms with Gasteiger partial charge in [0.25, 0.3) is 6.43 Å². The molecule has 202 valence electrons. The van der Waals surface area contributed by atoms with E-state index in [0.717, 1.165) is 0 Å². The van der Waals surface area contributed by atoms with Crippen LogP contribution in [0.25, 0.3) is 16.3 Å². The summed E-state index contributed by atoms with van der Waals surface area (Å²) < 4.78 is 86.9. The normalized spacial score (nSPS) is 21.9. The van der Waals surface area contributed by atoms with Crippen molar-refractivity contribution in [1.82, 2.24) is 29.6 Å². The number of hydrogen-bond donors (Lipinski definition) is 2. The second kappa shape index (κ2) is 9.72. The van der Waals surface area contributed by atoms with E-state index in [4.69, 9.17) is 0 Å². The number of nitrogens with zero attached hydrogens (tertiary/aromatic N) is 5. The molecule has 1 saturated carbocycles. The smallest absolute Gasteiger partial charge is 0.345 e. The summed E-state index contributed by atoms with van der Waals surface area (Å²) in [7, 11) is -3.96. The Hall–Kier alpha value is -2.40. The van der Waals surface area contributed by atoms with Gasteiger partial charge in [0.1, 0.15) is 4.90 Å². The molecule has 1 aliphatic heterocycles. The topological polar surface area (TPSA) is 114 Å². The highest BCUT2D eigenvalue weighted by molar-refractivity contribution is 7.89. The second-order valence-corrected chi connectivity index (χ2v) is 12.3. The minimum absolute atomic E-state index is 0.0486. The number of rotatable bonds is 9. The van der Waals surface area contributed by atoms with Crippen LogP contribution in [0.15, 0.2) is 23.4 Å². The highest BCUT2D eigenvalue weighted by atomic mass is 32.2. The fourth-order valence-electron chi connectivity index (χ4n) is 4.36. The van der Waals surface area contributed by atoms with Gasteiger partial charge in [-0.2, -0.15) is 8.78 Å². The molecule has 16 heteroatoms. The Morgan fingerprint density at radius 1 is 1.27 bits per heavy atom. The van der Waals surface area contributed by atoms with E-state index in [-0.39, 0.29) is 34.9 Å². The molecule has 0 radical (unpaired) electrons. The van der Waals surface area contributed by atoms with Crippen molar-refractivity contribution in [1.29, 1.82) is 0 Å². The van der Waals surface area contributed by atoms with E-state index in [0.29, 0.717) is 41.9 Å². The first-order valence-corrected chi connectivity index (χ1v) is 13.8. The number of anilines is 1. The van der Waals surface area contributed by atoms with Gasteiger partial charge >= 0.3 is 6.61 Å². The lowest BCUT2D eigenvalue weighted by Crippen LogP contribution is -2.57. The number of nitrogens with one attached hydrogen (secondary N) is 2. The highest BCUT2D eigenvalue weighted by Gasteiger charge is 2.41. The number of alkyl halides is 4. The Morgan fingerprint density at radius 2 is 2.03 bits per heavy atom. The quantitative estimate of drug-likeness (QED) is 0.382. The van der Waals surface area contributed by atoms with Gasteiger partial charge in [-0.3, -0.25) is 4.40 Å². The van der Waals surface area contributed by atoms with Crippen LogP contribution in [-0.2, 0) is 14.8 Å². The molecule has 0 spiro atoms. The van der Waals surface area contributed by atoms with Crippen molar-refractivity contribution in [3.63, 3.8) is 0 Å². The standard InChI is InChI=1S/C21H25F4N7O3S2/c1-11-7-31(8-12(27-11)10-35-20(24)25)14-5-13(37(33,34)30-21(2)3-4-21)9-32-15(14)6-26-17(32)19-29-28-18(36-19)16(22)23/h5-6,9,11-12,16,20,27,30H,3-4,7-8,10H2,1-2H3/t11-,12+/m0/s1. The van der Waals surface area contributed by atoms with E-state index < -0.39 is 39.6 Å². The summed E-state index contributed by atoms with van der Waals surface area (Å²) in [6, 6.07) is 0.950. The van der Waals surface area contributed by atoms with Crippen molar-refractivity contribution in [2.75, 3.05) is 24.6 Å². The van der Waals surface area contributed by atoms with Crippen molar-refractivity contribution < 1.29 is 30.7 Å². The minimum Gasteiger partial charge on any atom is -0.367 e. The van der Waals surface area contributed by atoms with Crippen LogP contribution in [0.1, 0.15) is 38.1 Å². The fourth-order valence-corrected chi connectivity index (χ4v) is 6.54. The summed E-state index contributed by atoms with van der Waals surface area (Å²) in [5, 5.41) is 10.2. The molecule has 0 bridgehead atoms. The molecule has 3 aromatic heterocycles. The van der Waals surface area contributed by atoms with Gasteiger partial charge in [-0.15, -0.1) is 10.2 Å². The molecule has 2 fully saturated rings. The zero-order chi connectivity index (χ0) is 26.5. The number of piperazine rings is 1. The summed E-state index contributed by atoms with van der Waals surface area (Å²) >= 11 is 0.667. The van der Waals surface area contributed by atoms with Crippen LogP contribution >= 0.6 is 11.3 Å². The number of halogens is 4. The van der Waals surface area contributed by atoms with Crippen LogP contribution in [0, 0.1) is 0 Å². The van der Waals surface area contributed by atoms with E-state index >= 15 is 0 Å². The molecule has 0 amide bonds. The molecule has 2 N–H and O–H groups in total.